The topological polar surface area (TPSA) is 98.8 Å². The Morgan fingerprint density at radius 2 is 0.909 bits per heavy atom. The summed E-state index contributed by atoms with van der Waals surface area (Å²) in [5.41, 5.74) is -0.492. The van der Waals surface area contributed by atoms with Gasteiger partial charge in [0.15, 0.2) is 0 Å². The third-order valence-electron chi connectivity index (χ3n) is 4.27. The predicted octanol–water partition coefficient (Wildman–Crippen LogP) is 2.82. The van der Waals surface area contributed by atoms with Crippen molar-refractivity contribution in [3.8, 4) is 0 Å². The summed E-state index contributed by atoms with van der Waals surface area (Å²) in [7, 11) is 0. The zero-order valence-electron chi connectivity index (χ0n) is 21.2. The van der Waals surface area contributed by atoms with E-state index < -0.39 is 5.41 Å². The number of hydrogen-bond acceptors (Lipinski definition) is 9. The van der Waals surface area contributed by atoms with Crippen LogP contribution in [0, 0.1) is 5.41 Å². The Labute approximate surface area is 199 Å². The molecule has 0 heterocycles. The third kappa shape index (κ3) is 23.8. The number of rotatable bonds is 24. The fraction of sp³-hybridized carbons (Fsp3) is 0.917. The van der Waals surface area contributed by atoms with Gasteiger partial charge in [-0.25, -0.2) is 0 Å². The van der Waals surface area contributed by atoms with Gasteiger partial charge in [-0.15, -0.1) is 0 Å². The van der Waals surface area contributed by atoms with Crippen LogP contribution in [0.3, 0.4) is 0 Å². The molecule has 0 unspecified atom stereocenters. The third-order valence-corrected chi connectivity index (χ3v) is 4.27. The quantitative estimate of drug-likeness (QED) is 0.153. The highest BCUT2D eigenvalue weighted by molar-refractivity contribution is 5.78. The largest absolute Gasteiger partial charge is 0.463 e. The smallest absolute Gasteiger partial charge is 0.311 e. The van der Waals surface area contributed by atoms with E-state index in [-0.39, 0.29) is 18.4 Å². The van der Waals surface area contributed by atoms with Gasteiger partial charge < -0.3 is 33.2 Å². The lowest BCUT2D eigenvalue weighted by molar-refractivity contribution is -0.154. The average Bonchev–Trinajstić information content (AvgIpc) is 2.77. The van der Waals surface area contributed by atoms with Crippen LogP contribution in [0.5, 0.6) is 0 Å². The van der Waals surface area contributed by atoms with Gasteiger partial charge in [0.25, 0.3) is 0 Å². The van der Waals surface area contributed by atoms with Crippen molar-refractivity contribution in [2.75, 3.05) is 85.9 Å². The van der Waals surface area contributed by atoms with Crippen molar-refractivity contribution in [2.24, 2.45) is 5.41 Å². The van der Waals surface area contributed by atoms with E-state index in [1.807, 2.05) is 20.8 Å². The number of unbranched alkanes of at least 4 members (excludes halogenated alkanes) is 1. The molecule has 0 aromatic heterocycles. The average molecular weight is 479 g/mol. The molecule has 0 amide bonds. The fourth-order valence-electron chi connectivity index (χ4n) is 2.30. The molecule has 196 valence electrons. The van der Waals surface area contributed by atoms with Gasteiger partial charge in [0.2, 0.25) is 0 Å². The monoisotopic (exact) mass is 478 g/mol. The second kappa shape index (κ2) is 22.7. The van der Waals surface area contributed by atoms with E-state index in [2.05, 4.69) is 6.92 Å². The van der Waals surface area contributed by atoms with E-state index >= 15 is 0 Å². The van der Waals surface area contributed by atoms with E-state index in [0.717, 1.165) is 12.8 Å². The number of Topliss-reactive ketones (excluding diaryl/α,β-unsaturated/α-hetero) is 1. The van der Waals surface area contributed by atoms with E-state index in [1.165, 1.54) is 0 Å². The van der Waals surface area contributed by atoms with Crippen LogP contribution in [0.1, 0.15) is 53.4 Å². The standard InChI is InChI=1S/C24H46O9/c1-5-6-7-22(25)8-9-27-10-11-28-12-13-29-14-15-30-16-17-31-18-19-32-20-21-33-23(26)24(2,3)4/h5-21H2,1-4H3. The zero-order chi connectivity index (χ0) is 24.6. The highest BCUT2D eigenvalue weighted by Gasteiger charge is 2.22. The molecule has 0 rings (SSSR count). The summed E-state index contributed by atoms with van der Waals surface area (Å²) in [5.74, 6) is 0.0331. The fourth-order valence-corrected chi connectivity index (χ4v) is 2.30. The number of esters is 1. The highest BCUT2D eigenvalue weighted by Crippen LogP contribution is 2.14. The Morgan fingerprint density at radius 3 is 1.27 bits per heavy atom. The minimum Gasteiger partial charge on any atom is -0.463 e. The Balaban J connectivity index is 3.15. The normalized spacial score (nSPS) is 11.6. The van der Waals surface area contributed by atoms with Crippen molar-refractivity contribution < 1.29 is 42.7 Å². The lowest BCUT2D eigenvalue weighted by Gasteiger charge is -2.16. The molecule has 0 aliphatic rings. The summed E-state index contributed by atoms with van der Waals surface area (Å²) in [6, 6.07) is 0. The molecule has 0 N–H and O–H groups in total. The second-order valence-corrected chi connectivity index (χ2v) is 8.45. The summed E-state index contributed by atoms with van der Waals surface area (Å²) in [5, 5.41) is 0. The molecule has 0 aliphatic carbocycles. The zero-order valence-corrected chi connectivity index (χ0v) is 21.2. The first-order valence-corrected chi connectivity index (χ1v) is 12.0. The van der Waals surface area contributed by atoms with E-state index in [4.69, 9.17) is 33.2 Å². The molecule has 0 spiro atoms. The maximum absolute atomic E-state index is 11.6. The molecule has 0 atom stereocenters. The van der Waals surface area contributed by atoms with Crippen LogP contribution in [-0.2, 0) is 42.7 Å². The first-order valence-electron chi connectivity index (χ1n) is 12.0. The number of ketones is 1. The number of ether oxygens (including phenoxy) is 7. The molecule has 33 heavy (non-hydrogen) atoms. The van der Waals surface area contributed by atoms with Crippen LogP contribution in [0.25, 0.3) is 0 Å². The van der Waals surface area contributed by atoms with Crippen molar-refractivity contribution in [1.29, 1.82) is 0 Å². The molecule has 0 fully saturated rings. The molecule has 0 aliphatic heterocycles. The molecule has 0 aromatic rings. The van der Waals surface area contributed by atoms with Crippen LogP contribution in [0.4, 0.5) is 0 Å². The Bertz CT molecular complexity index is 463. The van der Waals surface area contributed by atoms with Gasteiger partial charge in [-0.3, -0.25) is 9.59 Å². The summed E-state index contributed by atoms with van der Waals surface area (Å²) in [6.07, 6.45) is 3.13. The number of carbonyl (C=O) groups excluding carboxylic acids is 2. The summed E-state index contributed by atoms with van der Waals surface area (Å²) in [4.78, 5) is 23.0. The Kier molecular flexibility index (Phi) is 21.9. The molecule has 0 saturated heterocycles. The summed E-state index contributed by atoms with van der Waals surface area (Å²) < 4.78 is 37.5. The lowest BCUT2D eigenvalue weighted by Crippen LogP contribution is -2.24. The van der Waals surface area contributed by atoms with Crippen LogP contribution >= 0.6 is 0 Å². The number of hydrogen-bond donors (Lipinski definition) is 0. The minimum absolute atomic E-state index is 0.232. The van der Waals surface area contributed by atoms with E-state index in [9.17, 15) is 9.59 Å². The first kappa shape index (κ1) is 31.9. The van der Waals surface area contributed by atoms with E-state index in [0.29, 0.717) is 92.1 Å². The van der Waals surface area contributed by atoms with Gasteiger partial charge in [0.1, 0.15) is 12.4 Å². The Hall–Kier alpha value is -1.10. The molecule has 9 heteroatoms. The van der Waals surface area contributed by atoms with Crippen molar-refractivity contribution in [3.63, 3.8) is 0 Å². The van der Waals surface area contributed by atoms with Crippen LogP contribution < -0.4 is 0 Å². The second-order valence-electron chi connectivity index (χ2n) is 8.45. The molecular weight excluding hydrogens is 432 g/mol. The highest BCUT2D eigenvalue weighted by atomic mass is 16.6. The molecule has 0 bridgehead atoms. The van der Waals surface area contributed by atoms with Crippen molar-refractivity contribution in [2.45, 2.75) is 53.4 Å². The molecular formula is C24H46O9. The van der Waals surface area contributed by atoms with Gasteiger partial charge in [0, 0.05) is 12.8 Å². The maximum atomic E-state index is 11.6. The van der Waals surface area contributed by atoms with Gasteiger partial charge in [-0.1, -0.05) is 13.3 Å². The van der Waals surface area contributed by atoms with Crippen LogP contribution in [0.15, 0.2) is 0 Å². The lowest BCUT2D eigenvalue weighted by atomic mass is 9.97. The molecule has 0 saturated carbocycles. The SMILES string of the molecule is CCCCC(=O)CCOCCOCCOCCOCCOCCOCCOC(=O)C(C)(C)C. The van der Waals surface area contributed by atoms with Crippen LogP contribution in [0.2, 0.25) is 0 Å². The number of carbonyl (C=O) groups is 2. The summed E-state index contributed by atoms with van der Waals surface area (Å²) in [6.45, 7) is 13.4. The van der Waals surface area contributed by atoms with Gasteiger partial charge in [-0.05, 0) is 27.2 Å². The molecule has 0 radical (unpaired) electrons. The van der Waals surface area contributed by atoms with Gasteiger partial charge in [-0.2, -0.15) is 0 Å². The minimum atomic E-state index is -0.492. The molecule has 9 nitrogen and oxygen atoms in total. The first-order chi connectivity index (χ1) is 15.9. The van der Waals surface area contributed by atoms with Crippen molar-refractivity contribution in [3.05, 3.63) is 0 Å². The Morgan fingerprint density at radius 1 is 0.545 bits per heavy atom. The molecule has 0 aromatic carbocycles. The van der Waals surface area contributed by atoms with Crippen molar-refractivity contribution in [1.82, 2.24) is 0 Å². The maximum Gasteiger partial charge on any atom is 0.311 e. The van der Waals surface area contributed by atoms with Gasteiger partial charge in [0.05, 0.1) is 84.7 Å². The summed E-state index contributed by atoms with van der Waals surface area (Å²) >= 11 is 0. The van der Waals surface area contributed by atoms with Gasteiger partial charge >= 0.3 is 5.97 Å². The van der Waals surface area contributed by atoms with E-state index in [1.54, 1.807) is 0 Å². The van der Waals surface area contributed by atoms with Crippen molar-refractivity contribution >= 4 is 11.8 Å². The van der Waals surface area contributed by atoms with Crippen LogP contribution in [-0.4, -0.2) is 97.6 Å². The predicted molar refractivity (Wildman–Crippen MR) is 124 cm³/mol.